The zero-order valence-corrected chi connectivity index (χ0v) is 10.6. The third kappa shape index (κ3) is 2.44. The SMILES string of the molecule is CN1CCN(C(=O)c2cccnn2)CC1(C)C. The van der Waals surface area contributed by atoms with Crippen LogP contribution in [0.3, 0.4) is 0 Å². The molecule has 1 saturated heterocycles. The van der Waals surface area contributed by atoms with Gasteiger partial charge < -0.3 is 4.90 Å². The molecule has 1 aromatic heterocycles. The first kappa shape index (κ1) is 12.0. The Morgan fingerprint density at radius 3 is 2.76 bits per heavy atom. The van der Waals surface area contributed by atoms with E-state index in [4.69, 9.17) is 0 Å². The Morgan fingerprint density at radius 2 is 2.18 bits per heavy atom. The summed E-state index contributed by atoms with van der Waals surface area (Å²) in [5.41, 5.74) is 0.434. The minimum Gasteiger partial charge on any atom is -0.334 e. The summed E-state index contributed by atoms with van der Waals surface area (Å²) in [6, 6.07) is 3.45. The van der Waals surface area contributed by atoms with Gasteiger partial charge in [-0.25, -0.2) is 0 Å². The first-order valence-electron chi connectivity index (χ1n) is 5.79. The van der Waals surface area contributed by atoms with E-state index in [9.17, 15) is 4.79 Å². The highest BCUT2D eigenvalue weighted by Crippen LogP contribution is 2.19. The molecule has 0 N–H and O–H groups in total. The Morgan fingerprint density at radius 1 is 1.41 bits per heavy atom. The van der Waals surface area contributed by atoms with Crippen molar-refractivity contribution in [2.24, 2.45) is 0 Å². The Labute approximate surface area is 101 Å². The smallest absolute Gasteiger partial charge is 0.274 e. The van der Waals surface area contributed by atoms with Crippen LogP contribution in [0.25, 0.3) is 0 Å². The van der Waals surface area contributed by atoms with Gasteiger partial charge in [0.25, 0.3) is 5.91 Å². The molecular weight excluding hydrogens is 216 g/mol. The normalized spacial score (nSPS) is 20.3. The van der Waals surface area contributed by atoms with E-state index in [1.807, 2.05) is 4.90 Å². The van der Waals surface area contributed by atoms with Gasteiger partial charge in [0.15, 0.2) is 5.69 Å². The van der Waals surface area contributed by atoms with Crippen LogP contribution < -0.4 is 0 Å². The lowest BCUT2D eigenvalue weighted by atomic mass is 9.99. The lowest BCUT2D eigenvalue weighted by molar-refractivity contribution is 0.0306. The molecule has 0 radical (unpaired) electrons. The average Bonchev–Trinajstić information content (AvgIpc) is 2.33. The summed E-state index contributed by atoms with van der Waals surface area (Å²) in [6.07, 6.45) is 1.57. The Hall–Kier alpha value is -1.49. The summed E-state index contributed by atoms with van der Waals surface area (Å²) in [4.78, 5) is 16.3. The molecule has 0 spiro atoms. The maximum atomic E-state index is 12.2. The molecule has 0 bridgehead atoms. The van der Waals surface area contributed by atoms with E-state index in [-0.39, 0.29) is 11.4 Å². The molecule has 1 fully saturated rings. The fraction of sp³-hybridized carbons (Fsp3) is 0.583. The van der Waals surface area contributed by atoms with Crippen molar-refractivity contribution in [1.29, 1.82) is 0 Å². The third-order valence-electron chi connectivity index (χ3n) is 3.40. The summed E-state index contributed by atoms with van der Waals surface area (Å²) in [7, 11) is 2.09. The lowest BCUT2D eigenvalue weighted by Crippen LogP contribution is -2.58. The number of carbonyl (C=O) groups is 1. The van der Waals surface area contributed by atoms with Gasteiger partial charge in [0.05, 0.1) is 0 Å². The van der Waals surface area contributed by atoms with Gasteiger partial charge >= 0.3 is 0 Å². The zero-order valence-electron chi connectivity index (χ0n) is 10.6. The Kier molecular flexibility index (Phi) is 3.11. The highest BCUT2D eigenvalue weighted by Gasteiger charge is 2.33. The van der Waals surface area contributed by atoms with Crippen LogP contribution in [-0.2, 0) is 0 Å². The monoisotopic (exact) mass is 234 g/mol. The Bertz CT molecular complexity index is 404. The van der Waals surface area contributed by atoms with Crippen molar-refractivity contribution in [3.05, 3.63) is 24.0 Å². The molecular formula is C12H18N4O. The predicted octanol–water partition coefficient (Wildman–Crippen LogP) is 0.643. The molecule has 17 heavy (non-hydrogen) atoms. The van der Waals surface area contributed by atoms with Gasteiger partial charge in [0, 0.05) is 31.4 Å². The number of carbonyl (C=O) groups excluding carboxylic acids is 1. The van der Waals surface area contributed by atoms with Crippen LogP contribution in [0.15, 0.2) is 18.3 Å². The van der Waals surface area contributed by atoms with Gasteiger partial charge in [-0.1, -0.05) is 0 Å². The number of amides is 1. The first-order chi connectivity index (χ1) is 8.00. The van der Waals surface area contributed by atoms with E-state index in [0.717, 1.165) is 19.6 Å². The molecule has 92 valence electrons. The van der Waals surface area contributed by atoms with Crippen molar-refractivity contribution in [3.63, 3.8) is 0 Å². The van der Waals surface area contributed by atoms with Crippen molar-refractivity contribution >= 4 is 5.91 Å². The summed E-state index contributed by atoms with van der Waals surface area (Å²) in [6.45, 7) is 6.64. The van der Waals surface area contributed by atoms with E-state index in [0.29, 0.717) is 5.69 Å². The largest absolute Gasteiger partial charge is 0.334 e. The highest BCUT2D eigenvalue weighted by molar-refractivity contribution is 5.92. The van der Waals surface area contributed by atoms with Crippen molar-refractivity contribution < 1.29 is 4.79 Å². The number of piperazine rings is 1. The molecule has 5 heteroatoms. The molecule has 0 unspecified atom stereocenters. The summed E-state index contributed by atoms with van der Waals surface area (Å²) in [5.74, 6) is -0.0284. The summed E-state index contributed by atoms with van der Waals surface area (Å²) >= 11 is 0. The van der Waals surface area contributed by atoms with Gasteiger partial charge in [-0.2, -0.15) is 5.10 Å². The molecule has 1 amide bonds. The molecule has 0 saturated carbocycles. The molecule has 0 aromatic carbocycles. The number of aromatic nitrogens is 2. The van der Waals surface area contributed by atoms with E-state index in [1.165, 1.54) is 0 Å². The van der Waals surface area contributed by atoms with Crippen LogP contribution in [0.2, 0.25) is 0 Å². The van der Waals surface area contributed by atoms with E-state index >= 15 is 0 Å². The average molecular weight is 234 g/mol. The minimum atomic E-state index is -0.0284. The molecule has 5 nitrogen and oxygen atoms in total. The number of hydrogen-bond donors (Lipinski definition) is 0. The highest BCUT2D eigenvalue weighted by atomic mass is 16.2. The molecule has 1 aliphatic heterocycles. The second-order valence-electron chi connectivity index (χ2n) is 5.07. The van der Waals surface area contributed by atoms with Gasteiger partial charge in [-0.15, -0.1) is 5.10 Å². The van der Waals surface area contributed by atoms with Gasteiger partial charge in [-0.05, 0) is 33.0 Å². The van der Waals surface area contributed by atoms with Crippen LogP contribution in [0.5, 0.6) is 0 Å². The maximum absolute atomic E-state index is 12.2. The van der Waals surface area contributed by atoms with Gasteiger partial charge in [-0.3, -0.25) is 9.69 Å². The molecule has 0 atom stereocenters. The van der Waals surface area contributed by atoms with Crippen LogP contribution >= 0.6 is 0 Å². The fourth-order valence-electron chi connectivity index (χ4n) is 1.99. The van der Waals surface area contributed by atoms with E-state index in [1.54, 1.807) is 18.3 Å². The van der Waals surface area contributed by atoms with Gasteiger partial charge in [0.2, 0.25) is 0 Å². The summed E-state index contributed by atoms with van der Waals surface area (Å²) in [5, 5.41) is 7.61. The molecule has 0 aliphatic carbocycles. The van der Waals surface area contributed by atoms with Crippen molar-refractivity contribution in [2.75, 3.05) is 26.7 Å². The number of hydrogen-bond acceptors (Lipinski definition) is 4. The van der Waals surface area contributed by atoms with Crippen LogP contribution in [0.4, 0.5) is 0 Å². The van der Waals surface area contributed by atoms with Crippen LogP contribution in [0, 0.1) is 0 Å². The topological polar surface area (TPSA) is 49.3 Å². The maximum Gasteiger partial charge on any atom is 0.274 e. The lowest BCUT2D eigenvalue weighted by Gasteiger charge is -2.45. The minimum absolute atomic E-state index is 0.0100. The number of rotatable bonds is 1. The number of nitrogens with zero attached hydrogens (tertiary/aromatic N) is 4. The van der Waals surface area contributed by atoms with E-state index < -0.39 is 0 Å². The fourth-order valence-corrected chi connectivity index (χ4v) is 1.99. The second kappa shape index (κ2) is 4.41. The van der Waals surface area contributed by atoms with Crippen molar-refractivity contribution in [1.82, 2.24) is 20.0 Å². The summed E-state index contributed by atoms with van der Waals surface area (Å²) < 4.78 is 0. The number of likely N-dealkylation sites (N-methyl/N-ethyl adjacent to an activating group) is 1. The zero-order chi connectivity index (χ0) is 12.5. The van der Waals surface area contributed by atoms with Crippen molar-refractivity contribution in [3.8, 4) is 0 Å². The molecule has 1 aromatic rings. The molecule has 1 aliphatic rings. The van der Waals surface area contributed by atoms with Crippen molar-refractivity contribution in [2.45, 2.75) is 19.4 Å². The molecule has 2 rings (SSSR count). The second-order valence-corrected chi connectivity index (χ2v) is 5.07. The first-order valence-corrected chi connectivity index (χ1v) is 5.79. The Balaban J connectivity index is 2.12. The van der Waals surface area contributed by atoms with Crippen LogP contribution in [-0.4, -0.2) is 58.1 Å². The third-order valence-corrected chi connectivity index (χ3v) is 3.40. The van der Waals surface area contributed by atoms with Crippen LogP contribution in [0.1, 0.15) is 24.3 Å². The van der Waals surface area contributed by atoms with E-state index in [2.05, 4.69) is 36.0 Å². The predicted molar refractivity (Wildman–Crippen MR) is 64.6 cm³/mol. The standard InChI is InChI=1S/C12H18N4O/c1-12(2)9-16(8-7-15(12)3)11(17)10-5-4-6-13-14-10/h4-6H,7-9H2,1-3H3. The molecule has 2 heterocycles. The van der Waals surface area contributed by atoms with Gasteiger partial charge in [0.1, 0.15) is 0 Å². The quantitative estimate of drug-likeness (QED) is 0.715.